The first kappa shape index (κ1) is 38.3. The molecule has 0 bridgehead atoms. The summed E-state index contributed by atoms with van der Waals surface area (Å²) in [6.07, 6.45) is 0.671. The molecule has 46 heavy (non-hydrogen) atoms. The number of carbonyl (C=O) groups is 4. The molecule has 0 heterocycles. The Bertz CT molecular complexity index is 1400. The van der Waals surface area contributed by atoms with Crippen molar-refractivity contribution in [1.29, 1.82) is 0 Å². The molecule has 0 spiro atoms. The molecule has 0 aromatic heterocycles. The van der Waals surface area contributed by atoms with Crippen LogP contribution >= 0.6 is 0 Å². The Hall–Kier alpha value is -3.84. The van der Waals surface area contributed by atoms with E-state index in [-0.39, 0.29) is 37.5 Å². The van der Waals surface area contributed by atoms with Crippen LogP contribution in [-0.4, -0.2) is 62.0 Å². The van der Waals surface area contributed by atoms with Gasteiger partial charge in [0.25, 0.3) is 0 Å². The van der Waals surface area contributed by atoms with E-state index in [0.29, 0.717) is 12.1 Å². The van der Waals surface area contributed by atoms with E-state index in [2.05, 4.69) is 21.3 Å². The molecule has 0 unspecified atom stereocenters. The normalized spacial score (nSPS) is 14.2. The van der Waals surface area contributed by atoms with Crippen molar-refractivity contribution in [1.82, 2.24) is 21.3 Å². The Morgan fingerprint density at radius 3 is 1.59 bits per heavy atom. The monoisotopic (exact) mass is 661 g/mol. The van der Waals surface area contributed by atoms with E-state index in [1.54, 1.807) is 24.3 Å². The van der Waals surface area contributed by atoms with Crippen molar-refractivity contribution >= 4 is 33.9 Å². The molecule has 2 aromatic carbocycles. The third-order valence-electron chi connectivity index (χ3n) is 7.14. The zero-order valence-corrected chi connectivity index (χ0v) is 28.0. The van der Waals surface area contributed by atoms with Gasteiger partial charge >= 0.3 is 10.2 Å². The van der Waals surface area contributed by atoms with E-state index in [0.717, 1.165) is 11.1 Å². The molecule has 4 atom stereocenters. The highest BCUT2D eigenvalue weighted by Crippen LogP contribution is 2.13. The number of nitrogens with two attached hydrogens (primary N) is 1. The van der Waals surface area contributed by atoms with Gasteiger partial charge in [0.15, 0.2) is 0 Å². The molecule has 0 saturated carbocycles. The lowest BCUT2D eigenvalue weighted by Crippen LogP contribution is -2.58. The summed E-state index contributed by atoms with van der Waals surface area (Å²) in [4.78, 5) is 52.4. The lowest BCUT2D eigenvalue weighted by Gasteiger charge is -2.28. The lowest BCUT2D eigenvalue weighted by molar-refractivity contribution is -0.134. The zero-order valence-electron chi connectivity index (χ0n) is 27.2. The summed E-state index contributed by atoms with van der Waals surface area (Å²) in [6.45, 7) is 9.07. The third kappa shape index (κ3) is 14.5. The van der Waals surface area contributed by atoms with E-state index in [4.69, 9.17) is 5.73 Å². The van der Waals surface area contributed by atoms with Crippen LogP contribution in [0.1, 0.15) is 64.2 Å². The Labute approximate surface area is 271 Å². The molecule has 0 aliphatic carbocycles. The molecule has 6 N–H and O–H groups in total. The van der Waals surface area contributed by atoms with Gasteiger partial charge < -0.3 is 27.0 Å². The summed E-state index contributed by atoms with van der Waals surface area (Å²) < 4.78 is 37.0. The van der Waals surface area contributed by atoms with Gasteiger partial charge in [0.05, 0.1) is 0 Å². The van der Waals surface area contributed by atoms with E-state index in [9.17, 15) is 31.5 Å². The average Bonchev–Trinajstić information content (AvgIpc) is 2.95. The fraction of sp³-hybridized carbons (Fsp3) is 0.515. The number of hydrogen-bond acceptors (Lipinski definition) is 7. The largest absolute Gasteiger partial charge is 0.350 e. The van der Waals surface area contributed by atoms with Gasteiger partial charge in [-0.1, -0.05) is 82.3 Å². The van der Waals surface area contributed by atoms with E-state index in [1.807, 2.05) is 58.0 Å². The van der Waals surface area contributed by atoms with Crippen LogP contribution in [0.3, 0.4) is 0 Å². The Kier molecular flexibility index (Phi) is 15.3. The predicted molar refractivity (Wildman–Crippen MR) is 175 cm³/mol. The van der Waals surface area contributed by atoms with Crippen LogP contribution in [0.5, 0.6) is 0 Å². The topological polar surface area (TPSA) is 177 Å². The van der Waals surface area contributed by atoms with Crippen molar-refractivity contribution in [2.75, 3.05) is 5.75 Å². The summed E-state index contributed by atoms with van der Waals surface area (Å²) in [6, 6.07) is 11.9. The smallest absolute Gasteiger partial charge is 0.304 e. The first-order chi connectivity index (χ1) is 21.6. The number of amides is 4. The highest BCUT2D eigenvalue weighted by molar-refractivity contribution is 7.86. The molecular formula is C33H48FN5O6S. The maximum absolute atomic E-state index is 13.8. The summed E-state index contributed by atoms with van der Waals surface area (Å²) in [5, 5.41) is 10.7. The Morgan fingerprint density at radius 1 is 0.674 bits per heavy atom. The van der Waals surface area contributed by atoms with Crippen molar-refractivity contribution in [3.63, 3.8) is 0 Å². The zero-order chi connectivity index (χ0) is 34.4. The number of hydrogen-bond donors (Lipinski definition) is 5. The summed E-state index contributed by atoms with van der Waals surface area (Å²) in [5.74, 6) is -3.28. The van der Waals surface area contributed by atoms with E-state index >= 15 is 0 Å². The van der Waals surface area contributed by atoms with Gasteiger partial charge in [-0.25, -0.2) is 0 Å². The second-order valence-electron chi connectivity index (χ2n) is 12.5. The number of nitrogens with one attached hydrogen (secondary N) is 4. The van der Waals surface area contributed by atoms with Crippen LogP contribution in [0.2, 0.25) is 0 Å². The molecule has 0 saturated heterocycles. The first-order valence-corrected chi connectivity index (χ1v) is 17.0. The molecule has 4 amide bonds. The Balaban J connectivity index is 2.25. The van der Waals surface area contributed by atoms with Gasteiger partial charge in [-0.2, -0.15) is 8.42 Å². The second-order valence-corrected chi connectivity index (χ2v) is 13.9. The van der Waals surface area contributed by atoms with Gasteiger partial charge in [-0.15, -0.1) is 3.89 Å². The van der Waals surface area contributed by atoms with Gasteiger partial charge in [0.2, 0.25) is 23.6 Å². The molecule has 11 nitrogen and oxygen atoms in total. The van der Waals surface area contributed by atoms with Crippen LogP contribution in [0.4, 0.5) is 3.89 Å². The molecule has 0 fully saturated rings. The van der Waals surface area contributed by atoms with Gasteiger partial charge in [-0.3, -0.25) is 19.2 Å². The van der Waals surface area contributed by atoms with Crippen molar-refractivity contribution in [2.45, 2.75) is 91.0 Å². The third-order valence-corrected chi connectivity index (χ3v) is 7.94. The predicted octanol–water partition coefficient (Wildman–Crippen LogP) is 2.28. The van der Waals surface area contributed by atoms with Gasteiger partial charge in [0.1, 0.15) is 23.9 Å². The minimum absolute atomic E-state index is 0.0217. The van der Waals surface area contributed by atoms with Crippen molar-refractivity contribution < 1.29 is 31.5 Å². The van der Waals surface area contributed by atoms with E-state index < -0.39 is 63.8 Å². The molecular weight excluding hydrogens is 613 g/mol. The Morgan fingerprint density at radius 2 is 1.13 bits per heavy atom. The summed E-state index contributed by atoms with van der Waals surface area (Å²) in [5.41, 5.74) is 7.98. The summed E-state index contributed by atoms with van der Waals surface area (Å²) in [7, 11) is -4.95. The summed E-state index contributed by atoms with van der Waals surface area (Å²) >= 11 is 0. The highest BCUT2D eigenvalue weighted by Gasteiger charge is 2.32. The fourth-order valence-corrected chi connectivity index (χ4v) is 5.73. The van der Waals surface area contributed by atoms with Crippen LogP contribution < -0.4 is 27.0 Å². The average molecular weight is 662 g/mol. The molecule has 0 aliphatic heterocycles. The SMILES string of the molecule is CC(=O)N[C@@H](Cc1ccccc1)C(=O)N[C@@H](CC(C)C)C(=O)N[C@@H](CC(C)C)C(=O)N[C@@H](Cc1ccc(CN)cc1)CS(=O)(=O)F. The first-order valence-electron chi connectivity index (χ1n) is 15.5. The molecule has 13 heteroatoms. The molecule has 0 radical (unpaired) electrons. The van der Waals surface area contributed by atoms with Crippen molar-refractivity contribution in [3.8, 4) is 0 Å². The van der Waals surface area contributed by atoms with Gasteiger partial charge in [0, 0.05) is 25.9 Å². The highest BCUT2D eigenvalue weighted by atomic mass is 32.3. The molecule has 2 rings (SSSR count). The second kappa shape index (κ2) is 18.3. The number of carbonyl (C=O) groups excluding carboxylic acids is 4. The lowest BCUT2D eigenvalue weighted by atomic mass is 9.98. The number of rotatable bonds is 18. The molecule has 254 valence electrons. The molecule has 0 aliphatic rings. The van der Waals surface area contributed by atoms with Crippen LogP contribution in [-0.2, 0) is 48.8 Å². The van der Waals surface area contributed by atoms with E-state index in [1.165, 1.54) is 6.92 Å². The van der Waals surface area contributed by atoms with Crippen LogP contribution in [0.15, 0.2) is 54.6 Å². The maximum Gasteiger partial charge on any atom is 0.304 e. The number of benzene rings is 2. The van der Waals surface area contributed by atoms with Crippen molar-refractivity contribution in [2.24, 2.45) is 17.6 Å². The minimum Gasteiger partial charge on any atom is -0.350 e. The van der Waals surface area contributed by atoms with Gasteiger partial charge in [-0.05, 0) is 47.8 Å². The fourth-order valence-electron chi connectivity index (χ4n) is 5.04. The van der Waals surface area contributed by atoms with Crippen molar-refractivity contribution in [3.05, 3.63) is 71.3 Å². The molecule has 2 aromatic rings. The van der Waals surface area contributed by atoms with Crippen LogP contribution in [0, 0.1) is 11.8 Å². The number of halogens is 1. The maximum atomic E-state index is 13.8. The standard InChI is InChI=1S/C33H48FN5O6S/c1-21(2)15-28(31(41)37-27(20-46(34,44)45)17-25-11-13-26(19-35)14-12-25)38-32(42)29(16-22(3)4)39-33(43)30(36-23(5)40)18-24-9-7-6-8-10-24/h6-14,21-22,27-30H,15-20,35H2,1-5H3,(H,36,40)(H,37,41)(H,38,42)(H,39,43)/t27-,28-,29-,30-/m0/s1. The minimum atomic E-state index is -4.95. The van der Waals surface area contributed by atoms with Crippen LogP contribution in [0.25, 0.3) is 0 Å². The quantitative estimate of drug-likeness (QED) is 0.152.